The third-order valence-corrected chi connectivity index (χ3v) is 5.24. The summed E-state index contributed by atoms with van der Waals surface area (Å²) in [6.45, 7) is 0. The van der Waals surface area contributed by atoms with Crippen LogP contribution in [0, 0.1) is 5.92 Å². The van der Waals surface area contributed by atoms with E-state index < -0.39 is 0 Å². The van der Waals surface area contributed by atoms with Gasteiger partial charge in [0.25, 0.3) is 5.56 Å². The van der Waals surface area contributed by atoms with Crippen LogP contribution in [0.5, 0.6) is 0 Å². The molecule has 0 aromatic carbocycles. The molecular weight excluding hydrogens is 320 g/mol. The van der Waals surface area contributed by atoms with Crippen molar-refractivity contribution < 1.29 is 4.74 Å². The molecular formula is C15H21BrN2O2. The Hall–Kier alpha value is -0.680. The summed E-state index contributed by atoms with van der Waals surface area (Å²) in [5.74, 6) is 1.65. The number of nitrogens with one attached hydrogen (secondary N) is 1. The highest BCUT2D eigenvalue weighted by atomic mass is 79.9. The Morgan fingerprint density at radius 2 is 1.95 bits per heavy atom. The van der Waals surface area contributed by atoms with Crippen LogP contribution in [0.2, 0.25) is 0 Å². The Morgan fingerprint density at radius 1 is 1.25 bits per heavy atom. The van der Waals surface area contributed by atoms with E-state index in [1.54, 1.807) is 7.11 Å². The van der Waals surface area contributed by atoms with Crippen LogP contribution in [0.25, 0.3) is 0 Å². The second kappa shape index (κ2) is 5.98. The zero-order valence-electron chi connectivity index (χ0n) is 11.8. The first kappa shape index (κ1) is 14.3. The van der Waals surface area contributed by atoms with E-state index in [1.807, 2.05) is 0 Å². The van der Waals surface area contributed by atoms with Crippen molar-refractivity contribution in [1.82, 2.24) is 9.97 Å². The number of methoxy groups -OCH3 is 1. The first-order valence-electron chi connectivity index (χ1n) is 7.53. The van der Waals surface area contributed by atoms with E-state index in [4.69, 9.17) is 9.72 Å². The van der Waals surface area contributed by atoms with Gasteiger partial charge in [0.1, 0.15) is 16.4 Å². The van der Waals surface area contributed by atoms with E-state index in [9.17, 15) is 4.79 Å². The molecule has 4 nitrogen and oxygen atoms in total. The summed E-state index contributed by atoms with van der Waals surface area (Å²) >= 11 is 3.37. The third kappa shape index (κ3) is 2.84. The Balaban J connectivity index is 1.92. The number of nitrogens with zero attached hydrogens (tertiary/aromatic N) is 1. The highest BCUT2D eigenvalue weighted by molar-refractivity contribution is 9.10. The number of halogens is 1. The smallest absolute Gasteiger partial charge is 0.265 e. The second-order valence-corrected chi connectivity index (χ2v) is 6.77. The van der Waals surface area contributed by atoms with Crippen molar-refractivity contribution >= 4 is 15.9 Å². The fourth-order valence-corrected chi connectivity index (χ4v) is 3.73. The van der Waals surface area contributed by atoms with E-state index in [1.165, 1.54) is 19.3 Å². The molecule has 2 aliphatic rings. The van der Waals surface area contributed by atoms with E-state index in [0.717, 1.165) is 37.2 Å². The van der Waals surface area contributed by atoms with E-state index in [2.05, 4.69) is 20.9 Å². The molecule has 1 N–H and O–H groups in total. The fourth-order valence-electron chi connectivity index (χ4n) is 3.22. The Labute approximate surface area is 127 Å². The molecule has 0 radical (unpaired) electrons. The van der Waals surface area contributed by atoms with Gasteiger partial charge in [-0.2, -0.15) is 0 Å². The number of hydrogen-bond acceptors (Lipinski definition) is 3. The second-order valence-electron chi connectivity index (χ2n) is 5.98. The standard InChI is InChI=1S/C15H21BrN2O2/c1-20-13(10-5-3-2-4-6-10)14-17-12(9-7-8-9)11(16)15(19)18-14/h9-10,13H,2-8H2,1H3,(H,17,18,19). The molecule has 110 valence electrons. The molecule has 3 rings (SSSR count). The molecule has 0 saturated heterocycles. The van der Waals surface area contributed by atoms with Gasteiger partial charge in [-0.25, -0.2) is 4.98 Å². The van der Waals surface area contributed by atoms with Gasteiger partial charge in [0.15, 0.2) is 0 Å². The van der Waals surface area contributed by atoms with Gasteiger partial charge in [0, 0.05) is 13.0 Å². The van der Waals surface area contributed by atoms with Gasteiger partial charge >= 0.3 is 0 Å². The molecule has 2 aliphatic carbocycles. The predicted octanol–water partition coefficient (Wildman–Crippen LogP) is 3.68. The van der Waals surface area contributed by atoms with Gasteiger partial charge in [-0.05, 0) is 47.5 Å². The number of ether oxygens (including phenoxy) is 1. The average molecular weight is 341 g/mol. The number of aromatic amines is 1. The minimum atomic E-state index is -0.0754. The van der Waals surface area contributed by atoms with Crippen molar-refractivity contribution in [3.8, 4) is 0 Å². The summed E-state index contributed by atoms with van der Waals surface area (Å²) in [5, 5.41) is 0. The highest BCUT2D eigenvalue weighted by Gasteiger charge is 2.32. The van der Waals surface area contributed by atoms with Crippen LogP contribution in [0.15, 0.2) is 9.27 Å². The van der Waals surface area contributed by atoms with Crippen molar-refractivity contribution in [1.29, 1.82) is 0 Å². The zero-order chi connectivity index (χ0) is 14.1. The minimum absolute atomic E-state index is 0.0743. The summed E-state index contributed by atoms with van der Waals surface area (Å²) in [5.41, 5.74) is 0.844. The van der Waals surface area contributed by atoms with Gasteiger partial charge in [-0.1, -0.05) is 19.3 Å². The SMILES string of the molecule is COC(c1nc(C2CC2)c(Br)c(=O)[nH]1)C1CCCCC1. The van der Waals surface area contributed by atoms with Crippen molar-refractivity contribution in [2.75, 3.05) is 7.11 Å². The maximum absolute atomic E-state index is 12.1. The summed E-state index contributed by atoms with van der Waals surface area (Å²) in [6, 6.07) is 0. The maximum Gasteiger partial charge on any atom is 0.265 e. The van der Waals surface area contributed by atoms with Gasteiger partial charge in [-0.15, -0.1) is 0 Å². The Bertz CT molecular complexity index is 533. The molecule has 0 amide bonds. The quantitative estimate of drug-likeness (QED) is 0.909. The molecule has 1 heterocycles. The molecule has 1 aromatic rings. The van der Waals surface area contributed by atoms with Gasteiger partial charge < -0.3 is 9.72 Å². The molecule has 0 aliphatic heterocycles. The van der Waals surface area contributed by atoms with Crippen molar-refractivity contribution in [2.45, 2.75) is 57.0 Å². The predicted molar refractivity (Wildman–Crippen MR) is 80.9 cm³/mol. The third-order valence-electron chi connectivity index (χ3n) is 4.47. The molecule has 5 heteroatoms. The zero-order valence-corrected chi connectivity index (χ0v) is 13.4. The summed E-state index contributed by atoms with van der Waals surface area (Å²) in [7, 11) is 1.72. The average Bonchev–Trinajstić information content (AvgIpc) is 3.29. The molecule has 20 heavy (non-hydrogen) atoms. The van der Waals surface area contributed by atoms with E-state index in [0.29, 0.717) is 16.3 Å². The summed E-state index contributed by atoms with van der Waals surface area (Å²) < 4.78 is 6.28. The molecule has 0 spiro atoms. The number of H-pyrrole nitrogens is 1. The van der Waals surface area contributed by atoms with Crippen LogP contribution in [0.3, 0.4) is 0 Å². The summed E-state index contributed by atoms with van der Waals surface area (Å²) in [6.07, 6.45) is 8.33. The lowest BCUT2D eigenvalue weighted by molar-refractivity contribution is 0.0285. The molecule has 1 aromatic heterocycles. The number of hydrogen-bond donors (Lipinski definition) is 1. The van der Waals surface area contributed by atoms with Crippen LogP contribution in [0.1, 0.15) is 68.5 Å². The Morgan fingerprint density at radius 3 is 2.55 bits per heavy atom. The van der Waals surface area contributed by atoms with Crippen molar-refractivity contribution in [3.63, 3.8) is 0 Å². The fraction of sp³-hybridized carbons (Fsp3) is 0.733. The largest absolute Gasteiger partial charge is 0.373 e. The first-order chi connectivity index (χ1) is 9.70. The van der Waals surface area contributed by atoms with Crippen LogP contribution in [-0.4, -0.2) is 17.1 Å². The van der Waals surface area contributed by atoms with Gasteiger partial charge in [0.05, 0.1) is 5.69 Å². The molecule has 1 unspecified atom stereocenters. The van der Waals surface area contributed by atoms with Crippen molar-refractivity contribution in [2.24, 2.45) is 5.92 Å². The normalized spacial score (nSPS) is 21.9. The van der Waals surface area contributed by atoms with Crippen LogP contribution < -0.4 is 5.56 Å². The topological polar surface area (TPSA) is 55.0 Å². The minimum Gasteiger partial charge on any atom is -0.373 e. The molecule has 0 bridgehead atoms. The van der Waals surface area contributed by atoms with Gasteiger partial charge in [-0.3, -0.25) is 4.79 Å². The first-order valence-corrected chi connectivity index (χ1v) is 8.32. The van der Waals surface area contributed by atoms with Crippen LogP contribution in [-0.2, 0) is 4.74 Å². The van der Waals surface area contributed by atoms with Crippen LogP contribution >= 0.6 is 15.9 Å². The highest BCUT2D eigenvalue weighted by Crippen LogP contribution is 2.42. The molecule has 2 saturated carbocycles. The number of aromatic nitrogens is 2. The summed E-state index contributed by atoms with van der Waals surface area (Å²) in [4.78, 5) is 19.7. The van der Waals surface area contributed by atoms with Crippen LogP contribution in [0.4, 0.5) is 0 Å². The van der Waals surface area contributed by atoms with Crippen molar-refractivity contribution in [3.05, 3.63) is 26.3 Å². The number of rotatable bonds is 4. The monoisotopic (exact) mass is 340 g/mol. The van der Waals surface area contributed by atoms with E-state index in [-0.39, 0.29) is 11.7 Å². The van der Waals surface area contributed by atoms with E-state index >= 15 is 0 Å². The lowest BCUT2D eigenvalue weighted by atomic mass is 9.85. The molecule has 1 atom stereocenters. The lowest BCUT2D eigenvalue weighted by Crippen LogP contribution is -2.24. The lowest BCUT2D eigenvalue weighted by Gasteiger charge is -2.28. The van der Waals surface area contributed by atoms with Gasteiger partial charge in [0.2, 0.25) is 0 Å². The maximum atomic E-state index is 12.1. The Kier molecular flexibility index (Phi) is 4.26. The molecule has 2 fully saturated rings.